The minimum absolute atomic E-state index is 0.00503. The Balaban J connectivity index is 0.815. The molecule has 22 nitrogen and oxygen atoms in total. The van der Waals surface area contributed by atoms with Gasteiger partial charge in [0.2, 0.25) is 5.69 Å². The summed E-state index contributed by atoms with van der Waals surface area (Å²) in [5.74, 6) is 5.89. The fraction of sp³-hybridized carbons (Fsp3) is 0.300. The summed E-state index contributed by atoms with van der Waals surface area (Å²) in [6.45, 7) is 9.77. The van der Waals surface area contributed by atoms with Gasteiger partial charge in [-0.15, -0.1) is 0 Å². The van der Waals surface area contributed by atoms with Gasteiger partial charge in [0.15, 0.2) is 5.71 Å². The predicted octanol–water partition coefficient (Wildman–Crippen LogP) is 12.7. The summed E-state index contributed by atoms with van der Waals surface area (Å²) in [4.78, 5) is 23.6. The number of rotatable bonds is 22. The van der Waals surface area contributed by atoms with Gasteiger partial charge in [0, 0.05) is 53.9 Å². The molecule has 7 aromatic rings. The topological polar surface area (TPSA) is 301 Å². The van der Waals surface area contributed by atoms with Gasteiger partial charge < -0.3 is 4.90 Å². The Bertz CT molecular complexity index is 4270. The molecule has 1 amide bonds. The van der Waals surface area contributed by atoms with E-state index in [1.165, 1.54) is 23.3 Å². The van der Waals surface area contributed by atoms with E-state index in [1.807, 2.05) is 30.4 Å². The van der Waals surface area contributed by atoms with Crippen LogP contribution in [0.1, 0.15) is 94.7 Å². The zero-order chi connectivity index (χ0) is 61.2. The minimum atomic E-state index is -6.17. The summed E-state index contributed by atoms with van der Waals surface area (Å²) in [5.41, 5.74) is 13.1. The molecule has 448 valence electrons. The van der Waals surface area contributed by atoms with Crippen molar-refractivity contribution in [3.63, 3.8) is 0 Å². The first-order chi connectivity index (χ1) is 41.1. The monoisotopic (exact) mass is 1250 g/mol. The maximum atomic E-state index is 13.2. The first kappa shape index (κ1) is 61.7. The molecule has 0 radical (unpaired) electrons. The summed E-state index contributed by atoms with van der Waals surface area (Å²) in [7, 11) is -12.9. The van der Waals surface area contributed by atoms with E-state index in [0.717, 1.165) is 57.3 Å². The van der Waals surface area contributed by atoms with Crippen LogP contribution >= 0.6 is 21.2 Å². The number of amides is 1. The summed E-state index contributed by atoms with van der Waals surface area (Å²) < 4.78 is 104. The van der Waals surface area contributed by atoms with Crippen LogP contribution < -0.4 is 16.0 Å². The van der Waals surface area contributed by atoms with E-state index in [9.17, 15) is 36.0 Å². The first-order valence-electron chi connectivity index (χ1n) is 27.6. The molecule has 1 saturated heterocycles. The maximum Gasteiger partial charge on any atom is 0.294 e. The number of anilines is 2. The standard InChI is InChI=1S/C60H62N7O15P3S/c1-59(2)50(25-7-5-8-26-51-60(3,4)56-46-23-14-11-19-41(46)29-32-48(56)66(51)36-42-20-12-15-24-49(42)86(75,76)77)65(47-31-28-40-18-10-13-22-45(40)55(47)59)35-16-6-9-27-52(68)62-34-17-21-43-37-67(58-54(43)57(61)63-39-64-58)53-33-30-44(78-53)38-85(81-79-69,82-80-70,83(71)72)84(73)74/h5,7-8,10-15,18-20,22-26,28-29,31-32,37,39,44,53H,6,9,16,27,30,33-36,38H2,1-4H3,(H5-,61,62,63,64,68,69,70,75,76,77)/p+1. The third kappa shape index (κ3) is 11.4. The Labute approximate surface area is 496 Å². The molecule has 6 N–H and O–H groups in total. The maximum absolute atomic E-state index is 13.2. The quantitative estimate of drug-likeness (QED) is 0.00615. The molecule has 0 bridgehead atoms. The van der Waals surface area contributed by atoms with Crippen molar-refractivity contribution in [2.24, 2.45) is 0 Å². The fourth-order valence-corrected chi connectivity index (χ4v) is 19.3. The van der Waals surface area contributed by atoms with Crippen LogP contribution in [0.2, 0.25) is 0 Å². The number of unbranched alkanes of at least 4 members (excludes halogenated alkanes) is 2. The molecule has 0 saturated carbocycles. The van der Waals surface area contributed by atoms with E-state index in [4.69, 9.17) is 21.0 Å². The number of hydrogen-bond acceptors (Lipinski definition) is 18. The number of nitrogens with zero attached hydrogens (tertiary/aromatic N) is 5. The van der Waals surface area contributed by atoms with Crippen LogP contribution in [-0.4, -0.2) is 79.6 Å². The van der Waals surface area contributed by atoms with Crippen LogP contribution in [0, 0.1) is 11.8 Å². The van der Waals surface area contributed by atoms with E-state index < -0.39 is 55.2 Å². The number of ether oxygens (including phenoxy) is 1. The molecule has 0 spiro atoms. The van der Waals surface area contributed by atoms with Gasteiger partial charge in [-0.2, -0.15) is 13.0 Å². The molecule has 10 rings (SSSR count). The van der Waals surface area contributed by atoms with Crippen molar-refractivity contribution >= 4 is 92.7 Å². The van der Waals surface area contributed by atoms with Crippen LogP contribution in [0.3, 0.4) is 0 Å². The minimum Gasteiger partial charge on any atom is -0.339 e. The summed E-state index contributed by atoms with van der Waals surface area (Å²) in [6.07, 6.45) is 6.56. The van der Waals surface area contributed by atoms with Crippen LogP contribution in [0.4, 0.5) is 17.2 Å². The second-order valence-electron chi connectivity index (χ2n) is 22.2. The molecule has 3 aliphatic rings. The van der Waals surface area contributed by atoms with E-state index in [-0.39, 0.29) is 54.4 Å². The molecule has 0 aliphatic carbocycles. The Morgan fingerprint density at radius 2 is 1.52 bits per heavy atom. The van der Waals surface area contributed by atoms with E-state index in [1.54, 1.807) is 29.0 Å². The van der Waals surface area contributed by atoms with Crippen molar-refractivity contribution in [1.29, 1.82) is 0 Å². The molecule has 26 heteroatoms. The molecule has 5 heterocycles. The second kappa shape index (κ2) is 24.8. The van der Waals surface area contributed by atoms with E-state index in [0.29, 0.717) is 35.1 Å². The Hall–Kier alpha value is -7.38. The number of fused-ring (bicyclic) bond motifs is 7. The second-order valence-corrected chi connectivity index (χ2v) is 35.0. The number of carbonyl (C=O) groups is 1. The van der Waals surface area contributed by atoms with Crippen molar-refractivity contribution in [2.75, 3.05) is 29.9 Å². The average molecular weight is 1250 g/mol. The predicted molar refractivity (Wildman–Crippen MR) is 324 cm³/mol. The van der Waals surface area contributed by atoms with Gasteiger partial charge in [-0.1, -0.05) is 105 Å². The molecular formula is C60H63N7O15P3S+. The van der Waals surface area contributed by atoms with Gasteiger partial charge in [0.25, 0.3) is 10.1 Å². The molecule has 2 atom stereocenters. The number of carbonyl (C=O) groups excluding carboxylic acids is 1. The Morgan fingerprint density at radius 1 is 0.849 bits per heavy atom. The summed E-state index contributed by atoms with van der Waals surface area (Å²) >= 11 is 0. The molecule has 1 fully saturated rings. The average Bonchev–Trinajstić information content (AvgIpc) is 2.71. The summed E-state index contributed by atoms with van der Waals surface area (Å²) in [5, 5.41) is 32.7. The normalized spacial score (nSPS) is 18.2. The number of allylic oxidation sites excluding steroid dienone is 6. The van der Waals surface area contributed by atoms with Crippen molar-refractivity contribution < 1.29 is 75.3 Å². The van der Waals surface area contributed by atoms with Gasteiger partial charge in [-0.05, 0) is 83.6 Å². The van der Waals surface area contributed by atoms with Gasteiger partial charge >= 0.3 is 190 Å². The van der Waals surface area contributed by atoms with Crippen molar-refractivity contribution in [2.45, 2.75) is 101 Å². The van der Waals surface area contributed by atoms with Gasteiger partial charge in [0.05, 0.1) is 10.3 Å². The number of hydrogen-bond donors (Lipinski definition) is 5. The smallest absolute Gasteiger partial charge is 0.294 e. The van der Waals surface area contributed by atoms with E-state index >= 15 is 0 Å². The van der Waals surface area contributed by atoms with Gasteiger partial charge in [-0.25, -0.2) is 0 Å². The van der Waals surface area contributed by atoms with Crippen LogP contribution in [0.25, 0.3) is 32.6 Å². The number of aromatic nitrogens is 3. The first-order valence-corrected chi connectivity index (χ1v) is 35.0. The van der Waals surface area contributed by atoms with Crippen LogP contribution in [-0.2, 0) is 74.7 Å². The van der Waals surface area contributed by atoms with Gasteiger partial charge in [0.1, 0.15) is 6.54 Å². The molecule has 86 heavy (non-hydrogen) atoms. The van der Waals surface area contributed by atoms with E-state index in [2.05, 4.69) is 157 Å². The zero-order valence-electron chi connectivity index (χ0n) is 47.3. The number of benzene rings is 5. The largest absolute Gasteiger partial charge is 0.339 e. The van der Waals surface area contributed by atoms with Crippen molar-refractivity contribution in [1.82, 2.24) is 19.9 Å². The Morgan fingerprint density at radius 3 is 2.22 bits per heavy atom. The third-order valence-corrected chi connectivity index (χ3v) is 28.5. The zero-order valence-corrected chi connectivity index (χ0v) is 50.8. The molecule has 5 aromatic carbocycles. The van der Waals surface area contributed by atoms with Crippen LogP contribution in [0.15, 0.2) is 151 Å². The van der Waals surface area contributed by atoms with Crippen molar-refractivity contribution in [3.05, 3.63) is 168 Å². The SMILES string of the molecule is CC1(C)C(=CC=CC=CC2=[N+](CCCCCC(=O)NCC#Cc3cn(C4CCC(CP(OOO)(OOO)(P(=O)=O)P(=O)=O)O4)c4ncnc(N)c34)c3ccc4ccccc4c3C2(C)C)N(Cc2ccccc2S(=O)(=O)O)c2ccc3ccccc3c21. The number of nitrogen functional groups attached to an aromatic ring is 1. The molecule has 3 aliphatic heterocycles. The Kier molecular flexibility index (Phi) is 17.8. The molecule has 2 aromatic heterocycles. The number of nitrogens with one attached hydrogen (secondary N) is 1. The van der Waals surface area contributed by atoms with Gasteiger partial charge in [-0.3, -0.25) is 9.35 Å². The van der Waals surface area contributed by atoms with Crippen molar-refractivity contribution in [3.8, 4) is 11.8 Å². The molecule has 2 unspecified atom stereocenters. The third-order valence-electron chi connectivity index (χ3n) is 16.3. The van der Waals surface area contributed by atoms with Crippen LogP contribution in [0.5, 0.6) is 0 Å². The molecular weight excluding hydrogens is 1180 g/mol. The summed E-state index contributed by atoms with van der Waals surface area (Å²) in [6, 6.07) is 31.7. The fourth-order valence-electron chi connectivity index (χ4n) is 12.3. The number of nitrogens with two attached hydrogens (primary N) is 1.